The third kappa shape index (κ3) is 5.45. The molecule has 2 heterocycles. The van der Waals surface area contributed by atoms with Gasteiger partial charge in [-0.25, -0.2) is 4.68 Å². The molecule has 1 fully saturated rings. The first-order valence-corrected chi connectivity index (χ1v) is 10.9. The molecular formula is C24H24F3N5O2. The molecule has 1 aliphatic heterocycles. The number of aromatic nitrogens is 2. The van der Waals surface area contributed by atoms with E-state index < -0.39 is 23.3 Å². The van der Waals surface area contributed by atoms with E-state index in [0.29, 0.717) is 19.6 Å². The van der Waals surface area contributed by atoms with E-state index in [-0.39, 0.29) is 31.2 Å². The van der Waals surface area contributed by atoms with Gasteiger partial charge >= 0.3 is 6.18 Å². The molecule has 4 rings (SSSR count). The van der Waals surface area contributed by atoms with Crippen LogP contribution in [-0.2, 0) is 17.5 Å². The molecule has 178 valence electrons. The molecule has 1 saturated heterocycles. The number of nitrogens with one attached hydrogen (secondary N) is 1. The van der Waals surface area contributed by atoms with Crippen LogP contribution in [0.25, 0.3) is 5.69 Å². The van der Waals surface area contributed by atoms with Gasteiger partial charge in [-0.1, -0.05) is 48.5 Å². The van der Waals surface area contributed by atoms with E-state index in [1.807, 2.05) is 35.2 Å². The normalized spacial score (nSPS) is 14.7. The van der Waals surface area contributed by atoms with Gasteiger partial charge < -0.3 is 10.2 Å². The van der Waals surface area contributed by atoms with E-state index >= 15 is 0 Å². The third-order valence-electron chi connectivity index (χ3n) is 5.63. The number of piperazine rings is 1. The molecular weight excluding hydrogens is 447 g/mol. The lowest BCUT2D eigenvalue weighted by molar-refractivity contribution is -0.143. The molecule has 0 saturated carbocycles. The van der Waals surface area contributed by atoms with Crippen LogP contribution in [-0.4, -0.2) is 64.1 Å². The number of hydrogen-bond donors (Lipinski definition) is 1. The summed E-state index contributed by atoms with van der Waals surface area (Å²) in [6.45, 7) is 1.80. The van der Waals surface area contributed by atoms with E-state index in [1.165, 1.54) is 17.0 Å². The standard InChI is InChI=1S/C24H24F3N5O2/c25-24(26,27)22-20(16-29-32(22)19-9-5-2-6-10-19)23(34)31-13-11-30(12-14-31)17-21(33)28-15-18-7-3-1-4-8-18/h1-10,16H,11-15,17H2,(H,28,33). The number of amides is 2. The van der Waals surface area contributed by atoms with Crippen molar-refractivity contribution in [1.82, 2.24) is 24.9 Å². The van der Waals surface area contributed by atoms with Crippen molar-refractivity contribution >= 4 is 11.8 Å². The first-order chi connectivity index (χ1) is 16.3. The molecule has 7 nitrogen and oxygen atoms in total. The van der Waals surface area contributed by atoms with Crippen molar-refractivity contribution in [3.63, 3.8) is 0 Å². The maximum atomic E-state index is 13.9. The Hall–Kier alpha value is -3.66. The first-order valence-electron chi connectivity index (χ1n) is 10.9. The summed E-state index contributed by atoms with van der Waals surface area (Å²) < 4.78 is 42.4. The van der Waals surface area contributed by atoms with Crippen LogP contribution in [0.15, 0.2) is 66.9 Å². The van der Waals surface area contributed by atoms with Gasteiger partial charge in [0.05, 0.1) is 24.0 Å². The molecule has 1 aromatic heterocycles. The number of hydrogen-bond acceptors (Lipinski definition) is 4. The van der Waals surface area contributed by atoms with Crippen molar-refractivity contribution in [2.24, 2.45) is 0 Å². The molecule has 0 spiro atoms. The van der Waals surface area contributed by atoms with Crippen LogP contribution in [0.4, 0.5) is 13.2 Å². The number of halogens is 3. The fourth-order valence-corrected chi connectivity index (χ4v) is 3.88. The number of carbonyl (C=O) groups excluding carboxylic acids is 2. The second-order valence-corrected chi connectivity index (χ2v) is 7.98. The lowest BCUT2D eigenvalue weighted by Gasteiger charge is -2.34. The van der Waals surface area contributed by atoms with Crippen LogP contribution < -0.4 is 5.32 Å². The van der Waals surface area contributed by atoms with E-state index in [2.05, 4.69) is 10.4 Å². The van der Waals surface area contributed by atoms with Gasteiger partial charge in [0, 0.05) is 32.7 Å². The molecule has 0 atom stereocenters. The molecule has 2 amide bonds. The number of benzene rings is 2. The van der Waals surface area contributed by atoms with Crippen molar-refractivity contribution in [3.05, 3.63) is 83.7 Å². The largest absolute Gasteiger partial charge is 0.434 e. The fourth-order valence-electron chi connectivity index (χ4n) is 3.88. The molecule has 2 aromatic carbocycles. The Morgan fingerprint density at radius 1 is 0.912 bits per heavy atom. The van der Waals surface area contributed by atoms with Gasteiger partial charge in [0.2, 0.25) is 5.91 Å². The summed E-state index contributed by atoms with van der Waals surface area (Å²) in [4.78, 5) is 28.5. The van der Waals surface area contributed by atoms with E-state index in [4.69, 9.17) is 0 Å². The minimum absolute atomic E-state index is 0.146. The second kappa shape index (κ2) is 10.1. The minimum Gasteiger partial charge on any atom is -0.351 e. The van der Waals surface area contributed by atoms with Crippen molar-refractivity contribution in [2.75, 3.05) is 32.7 Å². The number of carbonyl (C=O) groups is 2. The Bertz CT molecular complexity index is 1120. The predicted octanol–water partition coefficient (Wildman–Crippen LogP) is 2.97. The van der Waals surface area contributed by atoms with Gasteiger partial charge in [0.15, 0.2) is 5.69 Å². The van der Waals surface area contributed by atoms with Crippen molar-refractivity contribution in [1.29, 1.82) is 0 Å². The highest BCUT2D eigenvalue weighted by molar-refractivity contribution is 5.95. The average Bonchev–Trinajstić information content (AvgIpc) is 3.30. The van der Waals surface area contributed by atoms with Crippen molar-refractivity contribution < 1.29 is 22.8 Å². The van der Waals surface area contributed by atoms with Gasteiger partial charge in [-0.05, 0) is 17.7 Å². The monoisotopic (exact) mass is 471 g/mol. The highest BCUT2D eigenvalue weighted by atomic mass is 19.4. The zero-order valence-electron chi connectivity index (χ0n) is 18.3. The molecule has 0 radical (unpaired) electrons. The summed E-state index contributed by atoms with van der Waals surface area (Å²) in [5.41, 5.74) is -0.361. The SMILES string of the molecule is O=C(CN1CCN(C(=O)c2cnn(-c3ccccc3)c2C(F)(F)F)CC1)NCc1ccccc1. The molecule has 34 heavy (non-hydrogen) atoms. The van der Waals surface area contributed by atoms with Crippen molar-refractivity contribution in [3.8, 4) is 5.69 Å². The summed E-state index contributed by atoms with van der Waals surface area (Å²) in [6, 6.07) is 17.4. The predicted molar refractivity (Wildman–Crippen MR) is 119 cm³/mol. The van der Waals surface area contributed by atoms with Gasteiger partial charge in [-0.15, -0.1) is 0 Å². The van der Waals surface area contributed by atoms with Crippen LogP contribution in [0.2, 0.25) is 0 Å². The summed E-state index contributed by atoms with van der Waals surface area (Å²) in [7, 11) is 0. The zero-order chi connectivity index (χ0) is 24.1. The highest BCUT2D eigenvalue weighted by Gasteiger charge is 2.41. The summed E-state index contributed by atoms with van der Waals surface area (Å²) in [6.07, 6.45) is -3.78. The molecule has 0 bridgehead atoms. The van der Waals surface area contributed by atoms with Gasteiger partial charge in [-0.3, -0.25) is 14.5 Å². The van der Waals surface area contributed by atoms with Crippen LogP contribution in [0.5, 0.6) is 0 Å². The summed E-state index contributed by atoms with van der Waals surface area (Å²) in [5, 5.41) is 6.71. The van der Waals surface area contributed by atoms with Gasteiger partial charge in [0.1, 0.15) is 0 Å². The van der Waals surface area contributed by atoms with Gasteiger partial charge in [0.25, 0.3) is 5.91 Å². The average molecular weight is 471 g/mol. The molecule has 1 N–H and O–H groups in total. The first kappa shape index (κ1) is 23.5. The quantitative estimate of drug-likeness (QED) is 0.600. The third-order valence-corrected chi connectivity index (χ3v) is 5.63. The van der Waals surface area contributed by atoms with E-state index in [1.54, 1.807) is 18.2 Å². The lowest BCUT2D eigenvalue weighted by atomic mass is 10.1. The van der Waals surface area contributed by atoms with Crippen molar-refractivity contribution in [2.45, 2.75) is 12.7 Å². The maximum Gasteiger partial charge on any atom is 0.434 e. The number of nitrogens with zero attached hydrogens (tertiary/aromatic N) is 4. The second-order valence-electron chi connectivity index (χ2n) is 7.98. The topological polar surface area (TPSA) is 70.5 Å². The molecule has 3 aromatic rings. The fraction of sp³-hybridized carbons (Fsp3) is 0.292. The van der Waals surface area contributed by atoms with Crippen LogP contribution in [0.3, 0.4) is 0 Å². The zero-order valence-corrected chi connectivity index (χ0v) is 18.3. The van der Waals surface area contributed by atoms with Crippen LogP contribution in [0.1, 0.15) is 21.6 Å². The molecule has 1 aliphatic rings. The Morgan fingerprint density at radius 2 is 1.53 bits per heavy atom. The summed E-state index contributed by atoms with van der Waals surface area (Å²) in [5.74, 6) is -0.866. The maximum absolute atomic E-state index is 13.9. The Morgan fingerprint density at radius 3 is 2.15 bits per heavy atom. The van der Waals surface area contributed by atoms with E-state index in [0.717, 1.165) is 16.4 Å². The molecule has 0 unspecified atom stereocenters. The lowest BCUT2D eigenvalue weighted by Crippen LogP contribution is -2.51. The Labute approximate surface area is 194 Å². The number of para-hydroxylation sites is 1. The number of alkyl halides is 3. The van der Waals surface area contributed by atoms with Crippen LogP contribution in [0, 0.1) is 0 Å². The highest BCUT2D eigenvalue weighted by Crippen LogP contribution is 2.34. The minimum atomic E-state index is -4.75. The van der Waals surface area contributed by atoms with Gasteiger partial charge in [-0.2, -0.15) is 18.3 Å². The molecule has 0 aliphatic carbocycles. The van der Waals surface area contributed by atoms with Crippen LogP contribution >= 0.6 is 0 Å². The van der Waals surface area contributed by atoms with E-state index in [9.17, 15) is 22.8 Å². The summed E-state index contributed by atoms with van der Waals surface area (Å²) >= 11 is 0. The number of rotatable bonds is 6. The molecule has 10 heteroatoms. The Balaban J connectivity index is 1.37. The Kier molecular flexibility index (Phi) is 6.97. The smallest absolute Gasteiger partial charge is 0.351 e.